The van der Waals surface area contributed by atoms with E-state index in [9.17, 15) is 14.0 Å². The van der Waals surface area contributed by atoms with Crippen LogP contribution < -0.4 is 4.74 Å². The fourth-order valence-electron chi connectivity index (χ4n) is 2.36. The molecule has 0 amide bonds. The second kappa shape index (κ2) is 7.73. The van der Waals surface area contributed by atoms with Crippen molar-refractivity contribution in [2.45, 2.75) is 26.9 Å². The number of Topliss-reactive ketones (excluding diaryl/α,β-unsaturated/α-hetero) is 1. The minimum absolute atomic E-state index is 0.0341. The minimum Gasteiger partial charge on any atom is -0.489 e. The number of carbonyl (C=O) groups is 2. The number of esters is 1. The third-order valence-electron chi connectivity index (χ3n) is 3.75. The summed E-state index contributed by atoms with van der Waals surface area (Å²) >= 11 is 0. The molecule has 2 aromatic rings. The number of hydrogen-bond acceptors (Lipinski definition) is 4. The van der Waals surface area contributed by atoms with E-state index in [0.29, 0.717) is 5.75 Å². The fourth-order valence-corrected chi connectivity index (χ4v) is 2.36. The molecule has 0 aliphatic heterocycles. The van der Waals surface area contributed by atoms with Gasteiger partial charge in [-0.1, -0.05) is 31.2 Å². The number of aryl methyl sites for hydroxylation is 2. The van der Waals surface area contributed by atoms with Crippen molar-refractivity contribution < 1.29 is 23.5 Å². The largest absolute Gasteiger partial charge is 0.489 e. The van der Waals surface area contributed by atoms with Gasteiger partial charge in [0.25, 0.3) is 5.78 Å². The van der Waals surface area contributed by atoms with E-state index in [0.717, 1.165) is 19.1 Å². The molecular formula is C19H19FO4. The van der Waals surface area contributed by atoms with E-state index in [1.807, 2.05) is 25.1 Å². The molecule has 0 aliphatic rings. The van der Waals surface area contributed by atoms with Crippen LogP contribution in [0.1, 0.15) is 34.0 Å². The molecule has 0 aliphatic carbocycles. The van der Waals surface area contributed by atoms with Crippen LogP contribution in [0.25, 0.3) is 0 Å². The molecule has 126 valence electrons. The van der Waals surface area contributed by atoms with Gasteiger partial charge < -0.3 is 9.47 Å². The number of hydrogen-bond donors (Lipinski definition) is 0. The summed E-state index contributed by atoms with van der Waals surface area (Å²) in [5.41, 5.74) is 2.08. The number of methoxy groups -OCH3 is 1. The Balaban J connectivity index is 2.27. The zero-order chi connectivity index (χ0) is 17.7. The van der Waals surface area contributed by atoms with E-state index in [1.165, 1.54) is 23.8 Å². The smallest absolute Gasteiger partial charge is 0.379 e. The van der Waals surface area contributed by atoms with Crippen LogP contribution >= 0.6 is 0 Å². The molecule has 2 rings (SSSR count). The number of benzene rings is 2. The lowest BCUT2D eigenvalue weighted by atomic mass is 10.0. The van der Waals surface area contributed by atoms with Crippen molar-refractivity contribution in [1.82, 2.24) is 0 Å². The minimum atomic E-state index is -1.04. The second-order valence-electron chi connectivity index (χ2n) is 5.33. The topological polar surface area (TPSA) is 52.6 Å². The van der Waals surface area contributed by atoms with Crippen LogP contribution in [0.2, 0.25) is 0 Å². The van der Waals surface area contributed by atoms with Crippen molar-refractivity contribution in [2.24, 2.45) is 0 Å². The molecule has 0 heterocycles. The Morgan fingerprint density at radius 3 is 2.54 bits per heavy atom. The van der Waals surface area contributed by atoms with Gasteiger partial charge in [0.2, 0.25) is 0 Å². The maximum atomic E-state index is 14.1. The SMILES string of the molecule is CCc1ccc(OCc2c(F)cccc2C(=O)C(=O)OC)c(C)c1. The summed E-state index contributed by atoms with van der Waals surface area (Å²) in [6, 6.07) is 9.72. The number of ketones is 1. The summed E-state index contributed by atoms with van der Waals surface area (Å²) in [5.74, 6) is -1.93. The Morgan fingerprint density at radius 1 is 1.17 bits per heavy atom. The van der Waals surface area contributed by atoms with Gasteiger partial charge in [-0.3, -0.25) is 4.79 Å². The molecule has 0 atom stereocenters. The summed E-state index contributed by atoms with van der Waals surface area (Å²) in [5, 5.41) is 0. The van der Waals surface area contributed by atoms with Crippen LogP contribution in [-0.2, 0) is 22.6 Å². The molecule has 0 spiro atoms. The number of ether oxygens (including phenoxy) is 2. The third-order valence-corrected chi connectivity index (χ3v) is 3.75. The molecule has 0 bridgehead atoms. The highest BCUT2D eigenvalue weighted by atomic mass is 19.1. The third kappa shape index (κ3) is 3.79. The van der Waals surface area contributed by atoms with E-state index in [2.05, 4.69) is 11.7 Å². The van der Waals surface area contributed by atoms with Gasteiger partial charge in [-0.25, -0.2) is 9.18 Å². The predicted octanol–water partition coefficient (Wildman–Crippen LogP) is 3.63. The number of rotatable bonds is 6. The van der Waals surface area contributed by atoms with E-state index >= 15 is 0 Å². The molecule has 0 saturated carbocycles. The van der Waals surface area contributed by atoms with Gasteiger partial charge in [-0.05, 0) is 36.6 Å². The van der Waals surface area contributed by atoms with E-state index in [-0.39, 0.29) is 17.7 Å². The maximum Gasteiger partial charge on any atom is 0.379 e. The van der Waals surface area contributed by atoms with Crippen LogP contribution in [0.4, 0.5) is 4.39 Å². The van der Waals surface area contributed by atoms with Gasteiger partial charge >= 0.3 is 5.97 Å². The first-order valence-corrected chi connectivity index (χ1v) is 7.60. The lowest BCUT2D eigenvalue weighted by Crippen LogP contribution is -2.19. The Bertz CT molecular complexity index is 768. The number of carbonyl (C=O) groups excluding carboxylic acids is 2. The molecule has 0 N–H and O–H groups in total. The lowest BCUT2D eigenvalue weighted by molar-refractivity contribution is -0.135. The van der Waals surface area contributed by atoms with Crippen LogP contribution in [0, 0.1) is 12.7 Å². The molecule has 0 saturated heterocycles. The van der Waals surface area contributed by atoms with Crippen molar-refractivity contribution in [3.8, 4) is 5.75 Å². The Hall–Kier alpha value is -2.69. The van der Waals surface area contributed by atoms with Crippen molar-refractivity contribution >= 4 is 11.8 Å². The molecule has 5 heteroatoms. The highest BCUT2D eigenvalue weighted by Crippen LogP contribution is 2.23. The molecule has 0 unspecified atom stereocenters. The standard InChI is InChI=1S/C19H19FO4/c1-4-13-8-9-17(12(2)10-13)24-11-15-14(6-5-7-16(15)20)18(21)19(22)23-3/h5-10H,4,11H2,1-3H3. The van der Waals surface area contributed by atoms with Crippen molar-refractivity contribution in [1.29, 1.82) is 0 Å². The maximum absolute atomic E-state index is 14.1. The lowest BCUT2D eigenvalue weighted by Gasteiger charge is -2.13. The van der Waals surface area contributed by atoms with E-state index in [1.54, 1.807) is 0 Å². The highest BCUT2D eigenvalue weighted by Gasteiger charge is 2.22. The Morgan fingerprint density at radius 2 is 1.92 bits per heavy atom. The average Bonchev–Trinajstić information content (AvgIpc) is 2.59. The van der Waals surface area contributed by atoms with Gasteiger partial charge in [0, 0.05) is 11.1 Å². The molecule has 2 aromatic carbocycles. The van der Waals surface area contributed by atoms with E-state index < -0.39 is 17.6 Å². The number of halogens is 1. The van der Waals surface area contributed by atoms with Crippen LogP contribution in [0.3, 0.4) is 0 Å². The first-order chi connectivity index (χ1) is 11.5. The van der Waals surface area contributed by atoms with Gasteiger partial charge in [0.1, 0.15) is 18.2 Å². The zero-order valence-corrected chi connectivity index (χ0v) is 13.9. The molecule has 4 nitrogen and oxygen atoms in total. The molecule has 0 radical (unpaired) electrons. The Kier molecular flexibility index (Phi) is 5.68. The molecule has 24 heavy (non-hydrogen) atoms. The molecular weight excluding hydrogens is 311 g/mol. The summed E-state index contributed by atoms with van der Waals surface area (Å²) in [6.07, 6.45) is 0.909. The van der Waals surface area contributed by atoms with Crippen molar-refractivity contribution in [2.75, 3.05) is 7.11 Å². The Labute approximate surface area is 140 Å². The second-order valence-corrected chi connectivity index (χ2v) is 5.33. The predicted molar refractivity (Wildman–Crippen MR) is 87.6 cm³/mol. The van der Waals surface area contributed by atoms with Gasteiger partial charge in [0.15, 0.2) is 0 Å². The molecule has 0 fully saturated rings. The van der Waals surface area contributed by atoms with E-state index in [4.69, 9.17) is 4.74 Å². The van der Waals surface area contributed by atoms with Crippen LogP contribution in [-0.4, -0.2) is 18.9 Å². The molecule has 0 aromatic heterocycles. The zero-order valence-electron chi connectivity index (χ0n) is 13.9. The summed E-state index contributed by atoms with van der Waals surface area (Å²) in [4.78, 5) is 23.5. The highest BCUT2D eigenvalue weighted by molar-refractivity contribution is 6.40. The van der Waals surface area contributed by atoms with Crippen molar-refractivity contribution in [3.05, 3.63) is 64.5 Å². The van der Waals surface area contributed by atoms with Gasteiger partial charge in [-0.15, -0.1) is 0 Å². The van der Waals surface area contributed by atoms with Gasteiger partial charge in [0.05, 0.1) is 7.11 Å². The first-order valence-electron chi connectivity index (χ1n) is 7.60. The first kappa shape index (κ1) is 17.7. The quantitative estimate of drug-likeness (QED) is 0.461. The normalized spacial score (nSPS) is 10.3. The average molecular weight is 330 g/mol. The van der Waals surface area contributed by atoms with Crippen LogP contribution in [0.15, 0.2) is 36.4 Å². The monoisotopic (exact) mass is 330 g/mol. The van der Waals surface area contributed by atoms with Crippen LogP contribution in [0.5, 0.6) is 5.75 Å². The summed E-state index contributed by atoms with van der Waals surface area (Å²) in [7, 11) is 1.11. The summed E-state index contributed by atoms with van der Waals surface area (Å²) < 4.78 is 24.2. The summed E-state index contributed by atoms with van der Waals surface area (Å²) in [6.45, 7) is 3.80. The van der Waals surface area contributed by atoms with Crippen molar-refractivity contribution in [3.63, 3.8) is 0 Å². The fraction of sp³-hybridized carbons (Fsp3) is 0.263. The van der Waals surface area contributed by atoms with Gasteiger partial charge in [-0.2, -0.15) is 0 Å².